The smallest absolute Gasteiger partial charge is 0.243 e. The van der Waals surface area contributed by atoms with Gasteiger partial charge in [0.1, 0.15) is 0 Å². The molecule has 3 rings (SSSR count). The molecule has 0 aromatic heterocycles. The molecule has 2 fully saturated rings. The number of carbonyl (C=O) groups is 4. The van der Waals surface area contributed by atoms with E-state index in [1.807, 2.05) is 0 Å². The Morgan fingerprint density at radius 2 is 1.67 bits per heavy atom. The van der Waals surface area contributed by atoms with Gasteiger partial charge in [-0.1, -0.05) is 12.1 Å². The lowest BCUT2D eigenvalue weighted by Gasteiger charge is -2.14. The topological polar surface area (TPSA) is 95.6 Å². The Balaban J connectivity index is 1.48. The minimum absolute atomic E-state index is 0.0478. The van der Waals surface area contributed by atoms with E-state index in [1.54, 1.807) is 24.3 Å². The van der Waals surface area contributed by atoms with E-state index in [9.17, 15) is 19.2 Å². The number of nitrogens with zero attached hydrogens (tertiary/aromatic N) is 1. The minimum atomic E-state index is -0.290. The molecular weight excluding hydrogens is 310 g/mol. The van der Waals surface area contributed by atoms with Gasteiger partial charge in [-0.15, -0.1) is 0 Å². The molecule has 1 aromatic rings. The summed E-state index contributed by atoms with van der Waals surface area (Å²) in [6, 6.07) is 6.94. The third-order valence-corrected chi connectivity index (χ3v) is 4.10. The maximum absolute atomic E-state index is 11.8. The molecule has 1 aliphatic carbocycles. The van der Waals surface area contributed by atoms with Crippen LogP contribution in [-0.4, -0.2) is 35.1 Å². The summed E-state index contributed by atoms with van der Waals surface area (Å²) < 4.78 is 0. The fourth-order valence-corrected chi connectivity index (χ4v) is 2.54. The van der Waals surface area contributed by atoms with Crippen LogP contribution in [-0.2, 0) is 25.7 Å². The number of hydrogen-bond donors (Lipinski definition) is 2. The van der Waals surface area contributed by atoms with Crippen LogP contribution in [0.15, 0.2) is 24.3 Å². The molecule has 1 saturated heterocycles. The van der Waals surface area contributed by atoms with Gasteiger partial charge in [0.15, 0.2) is 0 Å². The molecule has 24 heavy (non-hydrogen) atoms. The molecule has 2 aliphatic rings. The van der Waals surface area contributed by atoms with Gasteiger partial charge >= 0.3 is 0 Å². The van der Waals surface area contributed by atoms with Gasteiger partial charge in [-0.2, -0.15) is 0 Å². The molecule has 0 spiro atoms. The normalized spacial score (nSPS) is 17.1. The molecule has 1 saturated carbocycles. The summed E-state index contributed by atoms with van der Waals surface area (Å²) in [4.78, 5) is 47.7. The maximum atomic E-state index is 11.8. The molecule has 0 bridgehead atoms. The summed E-state index contributed by atoms with van der Waals surface area (Å²) in [6.45, 7) is 0.206. The highest BCUT2D eigenvalue weighted by Crippen LogP contribution is 2.28. The van der Waals surface area contributed by atoms with Gasteiger partial charge in [0, 0.05) is 24.4 Å². The first-order valence-electron chi connectivity index (χ1n) is 8.02. The minimum Gasteiger partial charge on any atom is -0.347 e. The molecule has 1 aliphatic heterocycles. The van der Waals surface area contributed by atoms with Crippen LogP contribution >= 0.6 is 0 Å². The van der Waals surface area contributed by atoms with Crippen molar-refractivity contribution in [2.24, 2.45) is 5.92 Å². The van der Waals surface area contributed by atoms with Gasteiger partial charge in [0.25, 0.3) is 0 Å². The highest BCUT2D eigenvalue weighted by Gasteiger charge is 2.30. The number of nitrogens with one attached hydrogen (secondary N) is 2. The number of imide groups is 1. The number of carbonyl (C=O) groups excluding carboxylic acids is 4. The summed E-state index contributed by atoms with van der Waals surface area (Å²) in [5, 5.41) is 5.30. The van der Waals surface area contributed by atoms with Crippen molar-refractivity contribution in [3.8, 4) is 0 Å². The summed E-state index contributed by atoms with van der Waals surface area (Å²) in [5.41, 5.74) is 1.42. The van der Waals surface area contributed by atoms with Crippen molar-refractivity contribution >= 4 is 29.3 Å². The number of likely N-dealkylation sites (tertiary alicyclic amines) is 1. The van der Waals surface area contributed by atoms with Crippen LogP contribution in [0.3, 0.4) is 0 Å². The van der Waals surface area contributed by atoms with Crippen LogP contribution in [0.25, 0.3) is 0 Å². The monoisotopic (exact) mass is 329 g/mol. The van der Waals surface area contributed by atoms with E-state index in [-0.39, 0.29) is 55.5 Å². The van der Waals surface area contributed by atoms with Crippen LogP contribution < -0.4 is 10.6 Å². The number of benzene rings is 1. The highest BCUT2D eigenvalue weighted by atomic mass is 16.2. The molecule has 4 amide bonds. The van der Waals surface area contributed by atoms with Gasteiger partial charge in [0.05, 0.1) is 13.1 Å². The molecule has 0 radical (unpaired) electrons. The Hall–Kier alpha value is -2.70. The number of hydrogen-bond acceptors (Lipinski definition) is 4. The van der Waals surface area contributed by atoms with E-state index in [0.29, 0.717) is 5.69 Å². The second kappa shape index (κ2) is 6.82. The largest absolute Gasteiger partial charge is 0.347 e. The van der Waals surface area contributed by atoms with Crippen LogP contribution in [0.5, 0.6) is 0 Å². The van der Waals surface area contributed by atoms with Crippen molar-refractivity contribution in [2.75, 3.05) is 11.9 Å². The SMILES string of the molecule is O=C(CNC(=O)C1CC1)Nc1ccc(CN2C(=O)CCC2=O)cc1. The molecule has 0 unspecified atom stereocenters. The first kappa shape index (κ1) is 16.2. The Morgan fingerprint density at radius 3 is 2.25 bits per heavy atom. The Labute approximate surface area is 139 Å². The molecule has 7 nitrogen and oxygen atoms in total. The van der Waals surface area contributed by atoms with Crippen molar-refractivity contribution in [1.82, 2.24) is 10.2 Å². The van der Waals surface area contributed by atoms with Gasteiger partial charge in [-0.3, -0.25) is 24.1 Å². The van der Waals surface area contributed by atoms with E-state index >= 15 is 0 Å². The zero-order valence-electron chi connectivity index (χ0n) is 13.2. The fourth-order valence-electron chi connectivity index (χ4n) is 2.54. The zero-order chi connectivity index (χ0) is 17.1. The average Bonchev–Trinajstić information content (AvgIpc) is 3.37. The highest BCUT2D eigenvalue weighted by molar-refractivity contribution is 6.01. The third-order valence-electron chi connectivity index (χ3n) is 4.10. The van der Waals surface area contributed by atoms with Crippen molar-refractivity contribution in [1.29, 1.82) is 0 Å². The van der Waals surface area contributed by atoms with Crippen molar-refractivity contribution in [3.05, 3.63) is 29.8 Å². The molecule has 7 heteroatoms. The summed E-state index contributed by atoms with van der Waals surface area (Å²) >= 11 is 0. The van der Waals surface area contributed by atoms with E-state index < -0.39 is 0 Å². The molecule has 1 heterocycles. The number of rotatable bonds is 6. The predicted molar refractivity (Wildman–Crippen MR) is 85.6 cm³/mol. The first-order valence-corrected chi connectivity index (χ1v) is 8.02. The lowest BCUT2D eigenvalue weighted by atomic mass is 10.2. The van der Waals surface area contributed by atoms with E-state index in [1.165, 1.54) is 4.90 Å². The molecule has 0 atom stereocenters. The Bertz CT molecular complexity index is 664. The van der Waals surface area contributed by atoms with Crippen LogP contribution in [0.1, 0.15) is 31.2 Å². The average molecular weight is 329 g/mol. The van der Waals surface area contributed by atoms with Gasteiger partial charge in [0.2, 0.25) is 23.6 Å². The van der Waals surface area contributed by atoms with Crippen molar-refractivity contribution in [2.45, 2.75) is 32.2 Å². The maximum Gasteiger partial charge on any atom is 0.243 e. The second-order valence-corrected chi connectivity index (χ2v) is 6.11. The summed E-state index contributed by atoms with van der Waals surface area (Å²) in [7, 11) is 0. The first-order chi connectivity index (χ1) is 11.5. The molecule has 1 aromatic carbocycles. The van der Waals surface area contributed by atoms with E-state index in [0.717, 1.165) is 18.4 Å². The zero-order valence-corrected chi connectivity index (χ0v) is 13.2. The van der Waals surface area contributed by atoms with Gasteiger partial charge in [-0.25, -0.2) is 0 Å². The van der Waals surface area contributed by atoms with Crippen LogP contribution in [0, 0.1) is 5.92 Å². The van der Waals surface area contributed by atoms with Crippen molar-refractivity contribution < 1.29 is 19.2 Å². The lowest BCUT2D eigenvalue weighted by molar-refractivity contribution is -0.139. The van der Waals surface area contributed by atoms with Crippen molar-refractivity contribution in [3.63, 3.8) is 0 Å². The second-order valence-electron chi connectivity index (χ2n) is 6.11. The predicted octanol–water partition coefficient (Wildman–Crippen LogP) is 0.800. The molecule has 2 N–H and O–H groups in total. The van der Waals surface area contributed by atoms with Gasteiger partial charge in [-0.05, 0) is 30.5 Å². The molecule has 126 valence electrons. The fraction of sp³-hybridized carbons (Fsp3) is 0.412. The van der Waals surface area contributed by atoms with Crippen LogP contribution in [0.4, 0.5) is 5.69 Å². The number of amides is 4. The van der Waals surface area contributed by atoms with Gasteiger partial charge < -0.3 is 10.6 Å². The van der Waals surface area contributed by atoms with E-state index in [4.69, 9.17) is 0 Å². The summed E-state index contributed by atoms with van der Waals surface area (Å²) in [5.74, 6) is -0.581. The number of anilines is 1. The quantitative estimate of drug-likeness (QED) is 0.755. The van der Waals surface area contributed by atoms with E-state index in [2.05, 4.69) is 10.6 Å². The molecular formula is C17H19N3O4. The Kier molecular flexibility index (Phi) is 4.59. The lowest BCUT2D eigenvalue weighted by Crippen LogP contribution is -2.33. The standard InChI is InChI=1S/C17H19N3O4/c21-14(9-18-17(24)12-3-4-12)19-13-5-1-11(2-6-13)10-20-15(22)7-8-16(20)23/h1-2,5-6,12H,3-4,7-10H2,(H,18,24)(H,19,21). The third kappa shape index (κ3) is 3.98. The van der Waals surface area contributed by atoms with Crippen LogP contribution in [0.2, 0.25) is 0 Å². The summed E-state index contributed by atoms with van der Waals surface area (Å²) in [6.07, 6.45) is 2.35. The Morgan fingerprint density at radius 1 is 1.04 bits per heavy atom.